The molecule has 1 aromatic carbocycles. The van der Waals surface area contributed by atoms with Crippen molar-refractivity contribution in [1.82, 2.24) is 0 Å². The van der Waals surface area contributed by atoms with Crippen molar-refractivity contribution >= 4 is 0 Å². The highest BCUT2D eigenvalue weighted by molar-refractivity contribution is 5.53. The summed E-state index contributed by atoms with van der Waals surface area (Å²) < 4.78 is 0. The molecule has 0 atom stereocenters. The topological polar surface area (TPSA) is 40.5 Å². The van der Waals surface area contributed by atoms with Gasteiger partial charge in [-0.1, -0.05) is 46.5 Å². The van der Waals surface area contributed by atoms with E-state index in [2.05, 4.69) is 20.8 Å². The lowest BCUT2D eigenvalue weighted by atomic mass is 9.90. The molecule has 0 unspecified atom stereocenters. The molecule has 2 N–H and O–H groups in total. The predicted molar refractivity (Wildman–Crippen MR) is 85.6 cm³/mol. The van der Waals surface area contributed by atoms with Gasteiger partial charge in [0, 0.05) is 5.56 Å². The van der Waals surface area contributed by atoms with Gasteiger partial charge in [0.25, 0.3) is 0 Å². The van der Waals surface area contributed by atoms with Crippen molar-refractivity contribution in [3.63, 3.8) is 0 Å². The van der Waals surface area contributed by atoms with Gasteiger partial charge in [0.2, 0.25) is 0 Å². The summed E-state index contributed by atoms with van der Waals surface area (Å²) in [6.45, 7) is 6.52. The molecule has 0 spiro atoms. The lowest BCUT2D eigenvalue weighted by Crippen LogP contribution is -2.02. The standard InChI is InChI=1S/C18H30O2/c1-4-7-9-12-15-14(10-6-3)13-17(19)18(20)16(15)11-8-5-2/h13,19-20H,4-12H2,1-3H3. The minimum Gasteiger partial charge on any atom is -0.504 e. The zero-order valence-electron chi connectivity index (χ0n) is 13.3. The lowest BCUT2D eigenvalue weighted by Gasteiger charge is -2.17. The summed E-state index contributed by atoms with van der Waals surface area (Å²) in [5.74, 6) is 0.170. The van der Waals surface area contributed by atoms with E-state index in [1.807, 2.05) is 0 Å². The Kier molecular flexibility index (Phi) is 7.50. The van der Waals surface area contributed by atoms with Crippen LogP contribution in [0.15, 0.2) is 6.07 Å². The highest BCUT2D eigenvalue weighted by Gasteiger charge is 2.16. The molecule has 20 heavy (non-hydrogen) atoms. The van der Waals surface area contributed by atoms with Crippen molar-refractivity contribution in [3.05, 3.63) is 22.8 Å². The maximum absolute atomic E-state index is 10.2. The van der Waals surface area contributed by atoms with E-state index < -0.39 is 0 Å². The van der Waals surface area contributed by atoms with Gasteiger partial charge in [-0.25, -0.2) is 0 Å². The number of phenols is 2. The number of phenolic OH excluding ortho intramolecular Hbond substituents is 2. The number of aromatic hydroxyl groups is 2. The van der Waals surface area contributed by atoms with Crippen LogP contribution in [0.5, 0.6) is 11.5 Å². The van der Waals surface area contributed by atoms with Crippen LogP contribution < -0.4 is 0 Å². The molecule has 2 nitrogen and oxygen atoms in total. The van der Waals surface area contributed by atoms with Crippen molar-refractivity contribution in [3.8, 4) is 11.5 Å². The number of rotatable bonds is 9. The monoisotopic (exact) mass is 278 g/mol. The van der Waals surface area contributed by atoms with Gasteiger partial charge in [0.05, 0.1) is 0 Å². The molecule has 2 heteroatoms. The normalized spacial score (nSPS) is 10.9. The first-order valence-electron chi connectivity index (χ1n) is 8.21. The molecule has 0 radical (unpaired) electrons. The second-order valence-electron chi connectivity index (χ2n) is 5.67. The van der Waals surface area contributed by atoms with Crippen molar-refractivity contribution in [2.45, 2.75) is 78.6 Å². The molecule has 1 rings (SSSR count). The molecule has 0 bridgehead atoms. The van der Waals surface area contributed by atoms with E-state index in [-0.39, 0.29) is 11.5 Å². The first kappa shape index (κ1) is 16.9. The number of aryl methyl sites for hydroxylation is 1. The summed E-state index contributed by atoms with van der Waals surface area (Å²) in [5, 5.41) is 20.2. The van der Waals surface area contributed by atoms with Gasteiger partial charge in [0.1, 0.15) is 0 Å². The Morgan fingerprint density at radius 2 is 1.40 bits per heavy atom. The zero-order chi connectivity index (χ0) is 15.0. The van der Waals surface area contributed by atoms with Crippen LogP contribution in [-0.4, -0.2) is 10.2 Å². The average Bonchev–Trinajstić information content (AvgIpc) is 2.43. The van der Waals surface area contributed by atoms with Gasteiger partial charge >= 0.3 is 0 Å². The first-order chi connectivity index (χ1) is 9.65. The maximum atomic E-state index is 10.2. The van der Waals surface area contributed by atoms with E-state index in [4.69, 9.17) is 0 Å². The molecule has 0 saturated carbocycles. The lowest BCUT2D eigenvalue weighted by molar-refractivity contribution is 0.397. The Hall–Kier alpha value is -1.18. The first-order valence-corrected chi connectivity index (χ1v) is 8.21. The molecule has 0 aliphatic heterocycles. The van der Waals surface area contributed by atoms with Crippen molar-refractivity contribution < 1.29 is 10.2 Å². The van der Waals surface area contributed by atoms with Crippen LogP contribution in [0.1, 0.15) is 76.0 Å². The van der Waals surface area contributed by atoms with Gasteiger partial charge in [-0.2, -0.15) is 0 Å². The predicted octanol–water partition coefficient (Wildman–Crippen LogP) is 5.13. The fraction of sp³-hybridized carbons (Fsp3) is 0.667. The van der Waals surface area contributed by atoms with Crippen molar-refractivity contribution in [2.24, 2.45) is 0 Å². The highest BCUT2D eigenvalue weighted by Crippen LogP contribution is 2.36. The molecule has 0 aliphatic carbocycles. The van der Waals surface area contributed by atoms with Crippen LogP contribution in [0.4, 0.5) is 0 Å². The van der Waals surface area contributed by atoms with E-state index in [1.165, 1.54) is 24.0 Å². The summed E-state index contributed by atoms with van der Waals surface area (Å²) in [6, 6.07) is 1.77. The van der Waals surface area contributed by atoms with Crippen LogP contribution in [0.25, 0.3) is 0 Å². The third-order valence-corrected chi connectivity index (χ3v) is 3.92. The molecule has 0 amide bonds. The molecule has 0 heterocycles. The van der Waals surface area contributed by atoms with E-state index >= 15 is 0 Å². The molecule has 0 aliphatic rings. The van der Waals surface area contributed by atoms with Gasteiger partial charge in [-0.05, 0) is 49.3 Å². The number of hydrogen-bond acceptors (Lipinski definition) is 2. The van der Waals surface area contributed by atoms with Crippen LogP contribution in [-0.2, 0) is 19.3 Å². The van der Waals surface area contributed by atoms with Crippen molar-refractivity contribution in [1.29, 1.82) is 0 Å². The zero-order valence-corrected chi connectivity index (χ0v) is 13.3. The third-order valence-electron chi connectivity index (χ3n) is 3.92. The summed E-state index contributed by atoms with van der Waals surface area (Å²) in [7, 11) is 0. The maximum Gasteiger partial charge on any atom is 0.160 e. The Morgan fingerprint density at radius 1 is 0.750 bits per heavy atom. The van der Waals surface area contributed by atoms with Crippen LogP contribution in [0, 0.1) is 0 Å². The summed E-state index contributed by atoms with van der Waals surface area (Å²) in [6.07, 6.45) is 9.70. The van der Waals surface area contributed by atoms with E-state index in [0.717, 1.165) is 50.5 Å². The average molecular weight is 278 g/mol. The van der Waals surface area contributed by atoms with E-state index in [1.54, 1.807) is 6.07 Å². The van der Waals surface area contributed by atoms with Gasteiger partial charge in [-0.15, -0.1) is 0 Å². The minimum atomic E-state index is 0.0544. The fourth-order valence-electron chi connectivity index (χ4n) is 2.79. The molecule has 114 valence electrons. The second-order valence-corrected chi connectivity index (χ2v) is 5.67. The summed E-state index contributed by atoms with van der Waals surface area (Å²) in [4.78, 5) is 0. The Morgan fingerprint density at radius 3 is 2.00 bits per heavy atom. The van der Waals surface area contributed by atoms with E-state index in [9.17, 15) is 10.2 Å². The Labute approximate surface area is 123 Å². The number of benzene rings is 1. The number of unbranched alkanes of at least 4 members (excludes halogenated alkanes) is 3. The molecule has 0 fully saturated rings. The van der Waals surface area contributed by atoms with Crippen LogP contribution in [0.2, 0.25) is 0 Å². The second kappa shape index (κ2) is 8.89. The van der Waals surface area contributed by atoms with Crippen molar-refractivity contribution in [2.75, 3.05) is 0 Å². The SMILES string of the molecule is CCCCCc1c(CCC)cc(O)c(O)c1CCCC. The minimum absolute atomic E-state index is 0.0544. The summed E-state index contributed by atoms with van der Waals surface area (Å²) in [5.41, 5.74) is 3.51. The van der Waals surface area contributed by atoms with Gasteiger partial charge in [-0.3, -0.25) is 0 Å². The Balaban J connectivity index is 3.11. The Bertz CT molecular complexity index is 410. The van der Waals surface area contributed by atoms with Gasteiger partial charge < -0.3 is 10.2 Å². The van der Waals surface area contributed by atoms with E-state index in [0.29, 0.717) is 0 Å². The third kappa shape index (κ3) is 4.43. The highest BCUT2D eigenvalue weighted by atomic mass is 16.3. The molecule has 0 saturated heterocycles. The molecular weight excluding hydrogens is 248 g/mol. The van der Waals surface area contributed by atoms with Crippen LogP contribution in [0.3, 0.4) is 0 Å². The van der Waals surface area contributed by atoms with Gasteiger partial charge in [0.15, 0.2) is 11.5 Å². The fourth-order valence-corrected chi connectivity index (χ4v) is 2.79. The molecule has 1 aromatic rings. The molecule has 0 aromatic heterocycles. The quantitative estimate of drug-likeness (QED) is 0.486. The smallest absolute Gasteiger partial charge is 0.160 e. The number of hydrogen-bond donors (Lipinski definition) is 2. The molecular formula is C18H30O2. The van der Waals surface area contributed by atoms with Crippen LogP contribution >= 0.6 is 0 Å². The summed E-state index contributed by atoms with van der Waals surface area (Å²) >= 11 is 0. The largest absolute Gasteiger partial charge is 0.504 e.